The Morgan fingerprint density at radius 1 is 1.22 bits per heavy atom. The zero-order chi connectivity index (χ0) is 20.0. The Hall–Kier alpha value is -3.55. The molecule has 2 rings (SSSR count). The van der Waals surface area contributed by atoms with E-state index in [-0.39, 0.29) is 16.9 Å². The van der Waals surface area contributed by atoms with E-state index >= 15 is 0 Å². The highest BCUT2D eigenvalue weighted by Crippen LogP contribution is 2.27. The molecule has 0 aliphatic heterocycles. The topological polar surface area (TPSA) is 98.5 Å². The van der Waals surface area contributed by atoms with E-state index in [1.165, 1.54) is 36.4 Å². The highest BCUT2D eigenvalue weighted by Gasteiger charge is 2.18. The molecule has 8 heteroatoms. The molecule has 0 bridgehead atoms. The molecule has 0 spiro atoms. The van der Waals surface area contributed by atoms with Gasteiger partial charge < -0.3 is 10.1 Å². The quantitative estimate of drug-likeness (QED) is 0.362. The number of aryl methyl sites for hydroxylation is 2. The lowest BCUT2D eigenvalue weighted by molar-refractivity contribution is -0.384. The lowest BCUT2D eigenvalue weighted by Gasteiger charge is -2.09. The Kier molecular flexibility index (Phi) is 6.37. The number of esters is 1. The van der Waals surface area contributed by atoms with Crippen LogP contribution in [0.5, 0.6) is 0 Å². The highest BCUT2D eigenvalue weighted by molar-refractivity contribution is 5.96. The molecule has 0 saturated carbocycles. The smallest absolute Gasteiger partial charge is 0.331 e. The molecule has 0 aliphatic carbocycles. The second-order valence-corrected chi connectivity index (χ2v) is 5.72. The van der Waals surface area contributed by atoms with Crippen LogP contribution in [0.3, 0.4) is 0 Å². The minimum Gasteiger partial charge on any atom is -0.452 e. The van der Waals surface area contributed by atoms with Gasteiger partial charge in [-0.2, -0.15) is 0 Å². The molecule has 2 aromatic carbocycles. The Morgan fingerprint density at radius 3 is 2.56 bits per heavy atom. The molecular formula is C19H17FN2O5. The lowest BCUT2D eigenvalue weighted by Crippen LogP contribution is -2.20. The standard InChI is InChI=1S/C19H17FN2O5/c1-12-9-16(17(22(25)26)10-13(12)2)21-18(23)11-27-19(24)8-7-14-5-3-4-6-15(14)20/h3-10H,11H2,1-2H3,(H,21,23)/b8-7+. The van der Waals surface area contributed by atoms with Crippen molar-refractivity contribution < 1.29 is 23.6 Å². The van der Waals surface area contributed by atoms with Crippen molar-refractivity contribution in [2.24, 2.45) is 0 Å². The first kappa shape index (κ1) is 19.8. The zero-order valence-electron chi connectivity index (χ0n) is 14.7. The first-order valence-electron chi connectivity index (χ1n) is 7.93. The SMILES string of the molecule is Cc1cc(NC(=O)COC(=O)/C=C/c2ccccc2F)c([N+](=O)[O-])cc1C. The molecule has 27 heavy (non-hydrogen) atoms. The van der Waals surface area contributed by atoms with Gasteiger partial charge in [0, 0.05) is 17.7 Å². The van der Waals surface area contributed by atoms with Gasteiger partial charge in [0.2, 0.25) is 0 Å². The minimum atomic E-state index is -0.844. The average Bonchev–Trinajstić information content (AvgIpc) is 2.62. The first-order chi connectivity index (χ1) is 12.8. The van der Waals surface area contributed by atoms with E-state index in [0.29, 0.717) is 5.56 Å². The van der Waals surface area contributed by atoms with E-state index in [4.69, 9.17) is 4.74 Å². The van der Waals surface area contributed by atoms with Crippen LogP contribution in [0.15, 0.2) is 42.5 Å². The van der Waals surface area contributed by atoms with Gasteiger partial charge in [-0.3, -0.25) is 14.9 Å². The van der Waals surface area contributed by atoms with Gasteiger partial charge in [-0.1, -0.05) is 18.2 Å². The monoisotopic (exact) mass is 372 g/mol. The number of nitrogens with one attached hydrogen (secondary N) is 1. The van der Waals surface area contributed by atoms with Crippen LogP contribution in [0.4, 0.5) is 15.8 Å². The molecule has 0 aliphatic rings. The molecule has 7 nitrogen and oxygen atoms in total. The molecule has 0 saturated heterocycles. The number of hydrogen-bond acceptors (Lipinski definition) is 5. The number of carbonyl (C=O) groups excluding carboxylic acids is 2. The molecule has 140 valence electrons. The van der Waals surface area contributed by atoms with E-state index in [1.54, 1.807) is 19.9 Å². The summed E-state index contributed by atoms with van der Waals surface area (Å²) < 4.78 is 18.2. The minimum absolute atomic E-state index is 0.0195. The lowest BCUT2D eigenvalue weighted by atomic mass is 10.1. The average molecular weight is 372 g/mol. The summed E-state index contributed by atoms with van der Waals surface area (Å²) in [6.45, 7) is 2.84. The molecule has 0 atom stereocenters. The van der Waals surface area contributed by atoms with Gasteiger partial charge in [-0.05, 0) is 43.2 Å². The fraction of sp³-hybridized carbons (Fsp3) is 0.158. The third-order valence-corrected chi connectivity index (χ3v) is 3.73. The summed E-state index contributed by atoms with van der Waals surface area (Å²) in [5.74, 6) is -2.07. The molecule has 1 N–H and O–H groups in total. The summed E-state index contributed by atoms with van der Waals surface area (Å²) in [5.41, 5.74) is 1.44. The maximum atomic E-state index is 13.4. The number of amides is 1. The molecular weight excluding hydrogens is 355 g/mol. The number of benzene rings is 2. The fourth-order valence-electron chi connectivity index (χ4n) is 2.19. The van der Waals surface area contributed by atoms with Gasteiger partial charge in [-0.15, -0.1) is 0 Å². The Bertz CT molecular complexity index is 924. The van der Waals surface area contributed by atoms with E-state index < -0.39 is 29.2 Å². The van der Waals surface area contributed by atoms with Crippen LogP contribution in [0, 0.1) is 29.8 Å². The van der Waals surface area contributed by atoms with Gasteiger partial charge in [0.25, 0.3) is 11.6 Å². The number of nitro benzene ring substituents is 1. The van der Waals surface area contributed by atoms with Crippen molar-refractivity contribution in [3.63, 3.8) is 0 Å². The maximum Gasteiger partial charge on any atom is 0.331 e. The predicted molar refractivity (Wildman–Crippen MR) is 97.6 cm³/mol. The van der Waals surface area contributed by atoms with Gasteiger partial charge in [0.15, 0.2) is 6.61 Å². The van der Waals surface area contributed by atoms with Crippen LogP contribution in [0.2, 0.25) is 0 Å². The third kappa shape index (κ3) is 5.46. The largest absolute Gasteiger partial charge is 0.452 e. The molecule has 1 amide bonds. The van der Waals surface area contributed by atoms with Crippen LogP contribution in [-0.4, -0.2) is 23.4 Å². The van der Waals surface area contributed by atoms with Crippen molar-refractivity contribution in [2.75, 3.05) is 11.9 Å². The summed E-state index contributed by atoms with van der Waals surface area (Å²) in [4.78, 5) is 34.1. The van der Waals surface area contributed by atoms with Gasteiger partial charge in [-0.25, -0.2) is 9.18 Å². The number of carbonyl (C=O) groups is 2. The van der Waals surface area contributed by atoms with Crippen molar-refractivity contribution in [1.82, 2.24) is 0 Å². The number of halogens is 1. The van der Waals surface area contributed by atoms with Crippen molar-refractivity contribution in [3.05, 3.63) is 75.1 Å². The number of anilines is 1. The summed E-state index contributed by atoms with van der Waals surface area (Å²) in [5, 5.41) is 13.5. The second kappa shape index (κ2) is 8.70. The Balaban J connectivity index is 1.97. The number of hydrogen-bond donors (Lipinski definition) is 1. The number of nitro groups is 1. The van der Waals surface area contributed by atoms with Crippen LogP contribution in [0.1, 0.15) is 16.7 Å². The van der Waals surface area contributed by atoms with Crippen LogP contribution in [-0.2, 0) is 14.3 Å². The molecule has 0 aromatic heterocycles. The summed E-state index contributed by atoms with van der Waals surface area (Å²) >= 11 is 0. The summed E-state index contributed by atoms with van der Waals surface area (Å²) in [7, 11) is 0. The van der Waals surface area contributed by atoms with E-state index in [0.717, 1.165) is 11.6 Å². The Labute approximate surface area is 154 Å². The maximum absolute atomic E-state index is 13.4. The first-order valence-corrected chi connectivity index (χ1v) is 7.93. The second-order valence-electron chi connectivity index (χ2n) is 5.72. The molecule has 0 unspecified atom stereocenters. The van der Waals surface area contributed by atoms with E-state index in [1.807, 2.05) is 0 Å². The molecule has 0 fully saturated rings. The van der Waals surface area contributed by atoms with Gasteiger partial charge in [0.05, 0.1) is 4.92 Å². The summed E-state index contributed by atoms with van der Waals surface area (Å²) in [6.07, 6.45) is 2.22. The van der Waals surface area contributed by atoms with Crippen LogP contribution < -0.4 is 5.32 Å². The normalized spacial score (nSPS) is 10.6. The highest BCUT2D eigenvalue weighted by atomic mass is 19.1. The van der Waals surface area contributed by atoms with E-state index in [2.05, 4.69) is 5.32 Å². The van der Waals surface area contributed by atoms with Gasteiger partial charge in [0.1, 0.15) is 11.5 Å². The van der Waals surface area contributed by atoms with Crippen molar-refractivity contribution >= 4 is 29.3 Å². The zero-order valence-corrected chi connectivity index (χ0v) is 14.7. The Morgan fingerprint density at radius 2 is 1.89 bits per heavy atom. The van der Waals surface area contributed by atoms with Crippen molar-refractivity contribution in [1.29, 1.82) is 0 Å². The number of nitrogens with zero attached hydrogens (tertiary/aromatic N) is 1. The number of ether oxygens (including phenoxy) is 1. The van der Waals surface area contributed by atoms with Crippen LogP contribution in [0.25, 0.3) is 6.08 Å². The molecule has 0 heterocycles. The molecule has 2 aromatic rings. The number of rotatable bonds is 6. The van der Waals surface area contributed by atoms with Gasteiger partial charge >= 0.3 is 5.97 Å². The third-order valence-electron chi connectivity index (χ3n) is 3.73. The van der Waals surface area contributed by atoms with E-state index in [9.17, 15) is 24.1 Å². The predicted octanol–water partition coefficient (Wildman–Crippen LogP) is 3.55. The van der Waals surface area contributed by atoms with Crippen LogP contribution >= 0.6 is 0 Å². The molecule has 0 radical (unpaired) electrons. The van der Waals surface area contributed by atoms with Crippen molar-refractivity contribution in [2.45, 2.75) is 13.8 Å². The summed E-state index contributed by atoms with van der Waals surface area (Å²) in [6, 6.07) is 8.68. The fourth-order valence-corrected chi connectivity index (χ4v) is 2.19. The van der Waals surface area contributed by atoms with Crippen molar-refractivity contribution in [3.8, 4) is 0 Å².